The molecule has 0 saturated heterocycles. The molecule has 0 unspecified atom stereocenters. The van der Waals surface area contributed by atoms with Gasteiger partial charge in [-0.05, 0) is 57.5 Å². The van der Waals surface area contributed by atoms with E-state index in [4.69, 9.17) is 16.6 Å². The molecular formula is C25H36ClN5O. The van der Waals surface area contributed by atoms with Gasteiger partial charge < -0.3 is 15.1 Å². The number of likely N-dealkylation sites (N-methyl/N-ethyl adjacent to an activating group) is 1. The maximum Gasteiger partial charge on any atom is 0.257 e. The van der Waals surface area contributed by atoms with Crippen molar-refractivity contribution in [3.8, 4) is 0 Å². The summed E-state index contributed by atoms with van der Waals surface area (Å²) >= 11 is 6.16. The van der Waals surface area contributed by atoms with Crippen LogP contribution in [-0.2, 0) is 5.41 Å². The first kappa shape index (κ1) is 24.5. The standard InChI is InChI=1S/C25H36ClN5O/c1-5-30(6-2)17-16-27-24-28-18-21(23(32)31(7-3)8-4)22(29-24)25(14-9-15-25)19-10-12-20(26)13-11-19/h10-13,18H,5-9,14-17H2,1-4H3,(H,27,28,29). The summed E-state index contributed by atoms with van der Waals surface area (Å²) in [7, 11) is 0. The number of nitrogens with zero attached hydrogens (tertiary/aromatic N) is 4. The highest BCUT2D eigenvalue weighted by Gasteiger charge is 2.44. The average Bonchev–Trinajstić information content (AvgIpc) is 2.78. The minimum absolute atomic E-state index is 0.0000651. The van der Waals surface area contributed by atoms with E-state index in [2.05, 4.69) is 41.2 Å². The van der Waals surface area contributed by atoms with Crippen molar-refractivity contribution in [2.75, 3.05) is 44.6 Å². The Balaban J connectivity index is 1.99. The van der Waals surface area contributed by atoms with E-state index < -0.39 is 0 Å². The van der Waals surface area contributed by atoms with Crippen LogP contribution in [0.15, 0.2) is 30.5 Å². The van der Waals surface area contributed by atoms with Gasteiger partial charge in [0.15, 0.2) is 0 Å². The third-order valence-corrected chi connectivity index (χ3v) is 6.98. The molecule has 7 heteroatoms. The van der Waals surface area contributed by atoms with Crippen molar-refractivity contribution >= 4 is 23.5 Å². The van der Waals surface area contributed by atoms with Gasteiger partial charge in [0.1, 0.15) is 0 Å². The fourth-order valence-electron chi connectivity index (χ4n) is 4.50. The molecule has 6 nitrogen and oxygen atoms in total. The molecule has 2 aromatic rings. The maximum absolute atomic E-state index is 13.4. The summed E-state index contributed by atoms with van der Waals surface area (Å²) in [5.74, 6) is 0.587. The number of halogens is 1. The molecule has 1 aliphatic carbocycles. The molecule has 0 radical (unpaired) electrons. The van der Waals surface area contributed by atoms with E-state index in [9.17, 15) is 4.79 Å². The van der Waals surface area contributed by atoms with Gasteiger partial charge in [0.25, 0.3) is 5.91 Å². The van der Waals surface area contributed by atoms with Gasteiger partial charge in [0.2, 0.25) is 5.95 Å². The van der Waals surface area contributed by atoms with Gasteiger partial charge in [-0.15, -0.1) is 0 Å². The van der Waals surface area contributed by atoms with Gasteiger partial charge >= 0.3 is 0 Å². The van der Waals surface area contributed by atoms with Crippen LogP contribution in [0.1, 0.15) is 68.6 Å². The minimum Gasteiger partial charge on any atom is -0.353 e. The zero-order chi connectivity index (χ0) is 23.1. The Morgan fingerprint density at radius 3 is 2.25 bits per heavy atom. The van der Waals surface area contributed by atoms with E-state index in [-0.39, 0.29) is 11.3 Å². The summed E-state index contributed by atoms with van der Waals surface area (Å²) in [6, 6.07) is 7.99. The Kier molecular flexibility index (Phi) is 8.49. The number of carbonyl (C=O) groups excluding carboxylic acids is 1. The quantitative estimate of drug-likeness (QED) is 0.523. The number of carbonyl (C=O) groups is 1. The van der Waals surface area contributed by atoms with Gasteiger partial charge in [-0.1, -0.05) is 44.0 Å². The van der Waals surface area contributed by atoms with Crippen LogP contribution in [0, 0.1) is 0 Å². The van der Waals surface area contributed by atoms with Crippen molar-refractivity contribution in [3.05, 3.63) is 52.3 Å². The molecule has 1 fully saturated rings. The summed E-state index contributed by atoms with van der Waals surface area (Å²) in [5, 5.41) is 4.09. The molecule has 174 valence electrons. The first-order valence-electron chi connectivity index (χ1n) is 11.9. The monoisotopic (exact) mass is 457 g/mol. The SMILES string of the molecule is CCN(CC)CCNc1ncc(C(=O)N(CC)CC)c(C2(c3ccc(Cl)cc3)CCC2)n1. The summed E-state index contributed by atoms with van der Waals surface area (Å²) in [5.41, 5.74) is 2.33. The van der Waals surface area contributed by atoms with E-state index in [1.807, 2.05) is 30.9 Å². The van der Waals surface area contributed by atoms with Crippen LogP contribution < -0.4 is 5.32 Å². The van der Waals surface area contributed by atoms with Crippen molar-refractivity contribution < 1.29 is 4.79 Å². The third-order valence-electron chi connectivity index (χ3n) is 6.73. The molecule has 0 spiro atoms. The lowest BCUT2D eigenvalue weighted by Crippen LogP contribution is -2.40. The van der Waals surface area contributed by atoms with Crippen molar-refractivity contribution in [1.82, 2.24) is 19.8 Å². The van der Waals surface area contributed by atoms with Crippen LogP contribution in [-0.4, -0.2) is 64.9 Å². The molecule has 1 heterocycles. The molecule has 1 saturated carbocycles. The number of aromatic nitrogens is 2. The molecule has 0 bridgehead atoms. The second-order valence-electron chi connectivity index (χ2n) is 8.33. The Labute approximate surface area is 197 Å². The summed E-state index contributed by atoms with van der Waals surface area (Å²) in [6.07, 6.45) is 4.75. The Morgan fingerprint density at radius 2 is 1.72 bits per heavy atom. The van der Waals surface area contributed by atoms with Crippen LogP contribution in [0.4, 0.5) is 5.95 Å². The fourth-order valence-corrected chi connectivity index (χ4v) is 4.62. The summed E-state index contributed by atoms with van der Waals surface area (Å²) in [6.45, 7) is 13.4. The van der Waals surface area contributed by atoms with E-state index in [0.717, 1.165) is 56.7 Å². The van der Waals surface area contributed by atoms with Crippen LogP contribution in [0.5, 0.6) is 0 Å². The molecule has 1 amide bonds. The number of hydrogen-bond donors (Lipinski definition) is 1. The molecule has 3 rings (SSSR count). The lowest BCUT2D eigenvalue weighted by atomic mass is 9.61. The zero-order valence-electron chi connectivity index (χ0n) is 19.8. The topological polar surface area (TPSA) is 61.4 Å². The van der Waals surface area contributed by atoms with E-state index in [1.54, 1.807) is 6.20 Å². The highest BCUT2D eigenvalue weighted by Crippen LogP contribution is 2.49. The van der Waals surface area contributed by atoms with Crippen LogP contribution in [0.2, 0.25) is 5.02 Å². The fraction of sp³-hybridized carbons (Fsp3) is 0.560. The van der Waals surface area contributed by atoms with Crippen LogP contribution in [0.25, 0.3) is 0 Å². The Morgan fingerprint density at radius 1 is 1.06 bits per heavy atom. The number of nitrogens with one attached hydrogen (secondary N) is 1. The molecular weight excluding hydrogens is 422 g/mol. The largest absolute Gasteiger partial charge is 0.353 e. The van der Waals surface area contributed by atoms with Gasteiger partial charge in [0.05, 0.1) is 11.3 Å². The highest BCUT2D eigenvalue weighted by atomic mass is 35.5. The van der Waals surface area contributed by atoms with Gasteiger partial charge in [-0.25, -0.2) is 9.97 Å². The lowest BCUT2D eigenvalue weighted by Gasteiger charge is -2.43. The van der Waals surface area contributed by atoms with E-state index in [1.165, 1.54) is 0 Å². The van der Waals surface area contributed by atoms with Crippen molar-refractivity contribution in [1.29, 1.82) is 0 Å². The smallest absolute Gasteiger partial charge is 0.257 e. The van der Waals surface area contributed by atoms with E-state index in [0.29, 0.717) is 29.6 Å². The molecule has 1 aromatic carbocycles. The molecule has 32 heavy (non-hydrogen) atoms. The number of hydrogen-bond acceptors (Lipinski definition) is 5. The molecule has 1 N–H and O–H groups in total. The molecule has 1 aromatic heterocycles. The Hall–Kier alpha value is -2.18. The minimum atomic E-state index is -0.277. The summed E-state index contributed by atoms with van der Waals surface area (Å²) in [4.78, 5) is 27.1. The summed E-state index contributed by atoms with van der Waals surface area (Å²) < 4.78 is 0. The molecule has 0 atom stereocenters. The average molecular weight is 458 g/mol. The second-order valence-corrected chi connectivity index (χ2v) is 8.77. The van der Waals surface area contributed by atoms with Crippen molar-refractivity contribution in [2.45, 2.75) is 52.4 Å². The Bertz CT molecular complexity index is 890. The number of amides is 1. The van der Waals surface area contributed by atoms with E-state index >= 15 is 0 Å². The van der Waals surface area contributed by atoms with Gasteiger partial charge in [0, 0.05) is 42.8 Å². The zero-order valence-corrected chi connectivity index (χ0v) is 20.6. The third kappa shape index (κ3) is 5.07. The van der Waals surface area contributed by atoms with Crippen molar-refractivity contribution in [2.24, 2.45) is 0 Å². The van der Waals surface area contributed by atoms with Gasteiger partial charge in [-0.3, -0.25) is 4.79 Å². The first-order chi connectivity index (χ1) is 15.5. The van der Waals surface area contributed by atoms with Crippen molar-refractivity contribution in [3.63, 3.8) is 0 Å². The number of rotatable bonds is 11. The van der Waals surface area contributed by atoms with Crippen LogP contribution in [0.3, 0.4) is 0 Å². The lowest BCUT2D eigenvalue weighted by molar-refractivity contribution is 0.0767. The predicted octanol–water partition coefficient (Wildman–Crippen LogP) is 4.84. The predicted molar refractivity (Wildman–Crippen MR) is 132 cm³/mol. The first-order valence-corrected chi connectivity index (χ1v) is 12.3. The highest BCUT2D eigenvalue weighted by molar-refractivity contribution is 6.30. The molecule has 1 aliphatic rings. The number of anilines is 1. The molecule has 0 aliphatic heterocycles. The van der Waals surface area contributed by atoms with Gasteiger partial charge in [-0.2, -0.15) is 0 Å². The second kappa shape index (κ2) is 11.1. The number of benzene rings is 1. The normalized spacial score (nSPS) is 14.8. The van der Waals surface area contributed by atoms with Crippen LogP contribution >= 0.6 is 11.6 Å². The maximum atomic E-state index is 13.4.